The van der Waals surface area contributed by atoms with E-state index in [1.54, 1.807) is 23.9 Å². The van der Waals surface area contributed by atoms with Crippen molar-refractivity contribution in [3.63, 3.8) is 0 Å². The van der Waals surface area contributed by atoms with E-state index in [0.717, 1.165) is 11.5 Å². The third-order valence-corrected chi connectivity index (χ3v) is 4.30. The van der Waals surface area contributed by atoms with Crippen LogP contribution < -0.4 is 0 Å². The van der Waals surface area contributed by atoms with Gasteiger partial charge in [-0.2, -0.15) is 11.8 Å². The molecule has 0 heterocycles. The van der Waals surface area contributed by atoms with Gasteiger partial charge < -0.3 is 5.11 Å². The smallest absolute Gasteiger partial charge is 0.136 e. The minimum absolute atomic E-state index is 0.150. The van der Waals surface area contributed by atoms with Crippen molar-refractivity contribution in [1.82, 2.24) is 0 Å². The lowest BCUT2D eigenvalue weighted by molar-refractivity contribution is 0.300. The molecule has 0 saturated carbocycles. The SMILES string of the molecule is CC(CO)SCCSc1ccccc1F. The summed E-state index contributed by atoms with van der Waals surface area (Å²) in [5.74, 6) is 1.65. The van der Waals surface area contributed by atoms with Gasteiger partial charge in [-0.25, -0.2) is 4.39 Å². The van der Waals surface area contributed by atoms with Crippen LogP contribution in [0.3, 0.4) is 0 Å². The predicted molar refractivity (Wildman–Crippen MR) is 66.1 cm³/mol. The van der Waals surface area contributed by atoms with E-state index in [1.807, 2.05) is 13.0 Å². The van der Waals surface area contributed by atoms with Crippen LogP contribution in [0.1, 0.15) is 6.92 Å². The fourth-order valence-electron chi connectivity index (χ4n) is 1.02. The van der Waals surface area contributed by atoms with E-state index in [9.17, 15) is 4.39 Å². The summed E-state index contributed by atoms with van der Waals surface area (Å²) in [4.78, 5) is 0.703. The molecule has 4 heteroatoms. The molecule has 0 aromatic heterocycles. The predicted octanol–water partition coefficient (Wildman–Crippen LogP) is 3.03. The van der Waals surface area contributed by atoms with Crippen LogP contribution in [0.5, 0.6) is 0 Å². The van der Waals surface area contributed by atoms with Crippen molar-refractivity contribution in [3.05, 3.63) is 30.1 Å². The molecule has 0 spiro atoms. The number of hydrogen-bond donors (Lipinski definition) is 1. The molecule has 0 aliphatic rings. The molecule has 0 saturated heterocycles. The molecule has 0 bridgehead atoms. The minimum Gasteiger partial charge on any atom is -0.395 e. The fraction of sp³-hybridized carbons (Fsp3) is 0.455. The number of benzene rings is 1. The summed E-state index contributed by atoms with van der Waals surface area (Å²) in [6, 6.07) is 6.81. The second-order valence-corrected chi connectivity index (χ2v) is 5.83. The summed E-state index contributed by atoms with van der Waals surface area (Å²) >= 11 is 3.23. The number of halogens is 1. The Balaban J connectivity index is 2.23. The van der Waals surface area contributed by atoms with Gasteiger partial charge in [0.15, 0.2) is 0 Å². The Morgan fingerprint density at radius 3 is 2.73 bits per heavy atom. The molecule has 0 aliphatic heterocycles. The van der Waals surface area contributed by atoms with Gasteiger partial charge in [-0.1, -0.05) is 19.1 Å². The quantitative estimate of drug-likeness (QED) is 0.615. The van der Waals surface area contributed by atoms with Crippen molar-refractivity contribution in [3.8, 4) is 0 Å². The highest BCUT2D eigenvalue weighted by molar-refractivity contribution is 8.03. The largest absolute Gasteiger partial charge is 0.395 e. The summed E-state index contributed by atoms with van der Waals surface area (Å²) in [5.41, 5.74) is 0. The highest BCUT2D eigenvalue weighted by Crippen LogP contribution is 2.22. The van der Waals surface area contributed by atoms with Crippen LogP contribution >= 0.6 is 23.5 Å². The lowest BCUT2D eigenvalue weighted by Gasteiger charge is -2.07. The Morgan fingerprint density at radius 2 is 2.07 bits per heavy atom. The number of thioether (sulfide) groups is 2. The lowest BCUT2D eigenvalue weighted by Crippen LogP contribution is -2.03. The van der Waals surface area contributed by atoms with Gasteiger partial charge in [0.1, 0.15) is 5.82 Å². The Morgan fingerprint density at radius 1 is 1.33 bits per heavy atom. The van der Waals surface area contributed by atoms with Crippen molar-refractivity contribution >= 4 is 23.5 Å². The van der Waals surface area contributed by atoms with E-state index >= 15 is 0 Å². The van der Waals surface area contributed by atoms with E-state index in [4.69, 9.17) is 5.11 Å². The second kappa shape index (κ2) is 7.14. The highest BCUT2D eigenvalue weighted by atomic mass is 32.2. The molecule has 15 heavy (non-hydrogen) atoms. The maximum Gasteiger partial charge on any atom is 0.136 e. The first-order chi connectivity index (χ1) is 7.24. The lowest BCUT2D eigenvalue weighted by atomic mass is 10.3. The Kier molecular flexibility index (Phi) is 6.13. The van der Waals surface area contributed by atoms with E-state index < -0.39 is 0 Å². The van der Waals surface area contributed by atoms with Crippen molar-refractivity contribution in [1.29, 1.82) is 0 Å². The summed E-state index contributed by atoms with van der Waals surface area (Å²) in [6.07, 6.45) is 0. The van der Waals surface area contributed by atoms with Gasteiger partial charge >= 0.3 is 0 Å². The number of rotatable bonds is 6. The number of hydrogen-bond acceptors (Lipinski definition) is 3. The summed E-state index contributed by atoms with van der Waals surface area (Å²) < 4.78 is 13.2. The number of aliphatic hydroxyl groups excluding tert-OH is 1. The van der Waals surface area contributed by atoms with Crippen LogP contribution in [0.15, 0.2) is 29.2 Å². The van der Waals surface area contributed by atoms with Gasteiger partial charge in [-0.3, -0.25) is 0 Å². The average Bonchev–Trinajstić information content (AvgIpc) is 2.26. The first kappa shape index (κ1) is 12.9. The fourth-order valence-corrected chi connectivity index (χ4v) is 2.84. The van der Waals surface area contributed by atoms with Gasteiger partial charge in [0.25, 0.3) is 0 Å². The maximum absolute atomic E-state index is 13.2. The van der Waals surface area contributed by atoms with Gasteiger partial charge in [0, 0.05) is 21.7 Å². The van der Waals surface area contributed by atoms with E-state index in [-0.39, 0.29) is 17.7 Å². The first-order valence-corrected chi connectivity index (χ1v) is 6.87. The molecule has 1 N–H and O–H groups in total. The third kappa shape index (κ3) is 4.91. The van der Waals surface area contributed by atoms with E-state index in [0.29, 0.717) is 4.90 Å². The van der Waals surface area contributed by atoms with Gasteiger partial charge in [0.2, 0.25) is 0 Å². The first-order valence-electron chi connectivity index (χ1n) is 4.84. The Bertz CT molecular complexity index is 294. The highest BCUT2D eigenvalue weighted by Gasteiger charge is 2.02. The van der Waals surface area contributed by atoms with Crippen LogP contribution in [0.25, 0.3) is 0 Å². The van der Waals surface area contributed by atoms with Crippen LogP contribution in [-0.4, -0.2) is 28.5 Å². The normalized spacial score (nSPS) is 12.7. The zero-order valence-corrected chi connectivity index (χ0v) is 10.3. The van der Waals surface area contributed by atoms with Gasteiger partial charge in [-0.15, -0.1) is 11.8 Å². The topological polar surface area (TPSA) is 20.2 Å². The third-order valence-electron chi connectivity index (χ3n) is 1.84. The standard InChI is InChI=1S/C11H15FOS2/c1-9(8-13)14-6-7-15-11-5-3-2-4-10(11)12/h2-5,9,13H,6-8H2,1H3. The molecule has 1 rings (SSSR count). The molecule has 1 nitrogen and oxygen atoms in total. The Hall–Kier alpha value is -0.190. The number of aliphatic hydroxyl groups is 1. The second-order valence-electron chi connectivity index (χ2n) is 3.14. The molecule has 1 aromatic rings. The van der Waals surface area contributed by atoms with Crippen molar-refractivity contribution < 1.29 is 9.50 Å². The molecule has 1 atom stereocenters. The van der Waals surface area contributed by atoms with Crippen LogP contribution in [0.4, 0.5) is 4.39 Å². The molecule has 0 fully saturated rings. The summed E-state index contributed by atoms with van der Waals surface area (Å²) in [5, 5.41) is 9.08. The van der Waals surface area contributed by atoms with Crippen LogP contribution in [0.2, 0.25) is 0 Å². The maximum atomic E-state index is 13.2. The molecule has 0 amide bonds. The van der Waals surface area contributed by atoms with E-state index in [1.165, 1.54) is 17.8 Å². The van der Waals surface area contributed by atoms with E-state index in [2.05, 4.69) is 0 Å². The monoisotopic (exact) mass is 246 g/mol. The molecule has 84 valence electrons. The molecular formula is C11H15FOS2. The zero-order valence-electron chi connectivity index (χ0n) is 8.65. The average molecular weight is 246 g/mol. The van der Waals surface area contributed by atoms with Crippen molar-refractivity contribution in [2.45, 2.75) is 17.1 Å². The molecular weight excluding hydrogens is 231 g/mol. The summed E-state index contributed by atoms with van der Waals surface area (Å²) in [6.45, 7) is 2.19. The van der Waals surface area contributed by atoms with Crippen molar-refractivity contribution in [2.75, 3.05) is 18.1 Å². The Labute approximate surface area is 98.5 Å². The molecule has 1 unspecified atom stereocenters. The molecule has 1 aromatic carbocycles. The van der Waals surface area contributed by atoms with Gasteiger partial charge in [-0.05, 0) is 12.1 Å². The van der Waals surface area contributed by atoms with Crippen LogP contribution in [0, 0.1) is 5.82 Å². The summed E-state index contributed by atoms with van der Waals surface area (Å²) in [7, 11) is 0. The minimum atomic E-state index is -0.150. The zero-order chi connectivity index (χ0) is 11.1. The van der Waals surface area contributed by atoms with Gasteiger partial charge in [0.05, 0.1) is 6.61 Å². The molecule has 0 radical (unpaired) electrons. The van der Waals surface area contributed by atoms with Crippen LogP contribution in [-0.2, 0) is 0 Å². The molecule has 0 aliphatic carbocycles. The van der Waals surface area contributed by atoms with Crippen molar-refractivity contribution in [2.24, 2.45) is 0 Å².